The van der Waals surface area contributed by atoms with Crippen LogP contribution >= 0.6 is 11.6 Å². The Morgan fingerprint density at radius 1 is 1.32 bits per heavy atom. The maximum absolute atomic E-state index is 12.5. The monoisotopic (exact) mass is 365 g/mol. The van der Waals surface area contributed by atoms with Gasteiger partial charge in [-0.2, -0.15) is 0 Å². The van der Waals surface area contributed by atoms with E-state index in [0.29, 0.717) is 27.9 Å². The number of carbonyl (C=O) groups excluding carboxylic acids is 2. The predicted molar refractivity (Wildman–Crippen MR) is 92.8 cm³/mol. The van der Waals surface area contributed by atoms with Crippen LogP contribution in [0.3, 0.4) is 0 Å². The highest BCUT2D eigenvalue weighted by Crippen LogP contribution is 2.20. The van der Waals surface area contributed by atoms with Gasteiger partial charge in [-0.15, -0.1) is 0 Å². The Morgan fingerprint density at radius 3 is 2.68 bits per heavy atom. The molecule has 2 aromatic rings. The number of methoxy groups -OCH3 is 1. The van der Waals surface area contributed by atoms with Gasteiger partial charge in [0.15, 0.2) is 6.10 Å². The summed E-state index contributed by atoms with van der Waals surface area (Å²) in [5, 5.41) is 0.534. The molecule has 0 fully saturated rings. The lowest BCUT2D eigenvalue weighted by atomic mass is 10.2. The fraction of sp³-hybridized carbons (Fsp3) is 0.333. The van der Waals surface area contributed by atoms with E-state index < -0.39 is 12.1 Å². The van der Waals surface area contributed by atoms with Gasteiger partial charge in [0.25, 0.3) is 5.91 Å². The van der Waals surface area contributed by atoms with E-state index in [9.17, 15) is 9.59 Å². The summed E-state index contributed by atoms with van der Waals surface area (Å²) in [5.41, 5.74) is 0.349. The van der Waals surface area contributed by atoms with Crippen molar-refractivity contribution in [3.05, 3.63) is 52.4 Å². The molecular weight excluding hydrogens is 346 g/mol. The summed E-state index contributed by atoms with van der Waals surface area (Å²) in [6, 6.07) is 8.43. The van der Waals surface area contributed by atoms with E-state index in [1.165, 1.54) is 12.0 Å². The maximum atomic E-state index is 12.5. The number of hydrogen-bond acceptors (Lipinski definition) is 5. The number of esters is 1. The van der Waals surface area contributed by atoms with E-state index in [-0.39, 0.29) is 12.5 Å². The molecule has 2 rings (SSSR count). The number of amides is 1. The lowest BCUT2D eigenvalue weighted by molar-refractivity contribution is -0.137. The first-order valence-corrected chi connectivity index (χ1v) is 8.04. The number of nitrogens with zero attached hydrogens (tertiary/aromatic N) is 1. The Hall–Kier alpha value is -2.47. The second-order valence-corrected chi connectivity index (χ2v) is 6.02. The molecule has 25 heavy (non-hydrogen) atoms. The van der Waals surface area contributed by atoms with Crippen molar-refractivity contribution < 1.29 is 23.5 Å². The molecule has 0 bridgehead atoms. The van der Waals surface area contributed by atoms with Crippen LogP contribution in [0.25, 0.3) is 0 Å². The van der Waals surface area contributed by atoms with Gasteiger partial charge >= 0.3 is 5.97 Å². The highest BCUT2D eigenvalue weighted by atomic mass is 35.5. The number of rotatable bonds is 6. The summed E-state index contributed by atoms with van der Waals surface area (Å²) in [6.45, 7) is 3.54. The van der Waals surface area contributed by atoms with Crippen molar-refractivity contribution in [2.45, 2.75) is 26.5 Å². The van der Waals surface area contributed by atoms with Crippen LogP contribution in [0.5, 0.6) is 5.75 Å². The number of hydrogen-bond donors (Lipinski definition) is 0. The second-order valence-electron chi connectivity index (χ2n) is 5.59. The molecule has 0 aliphatic heterocycles. The molecule has 0 saturated heterocycles. The molecule has 134 valence electrons. The third-order valence-corrected chi connectivity index (χ3v) is 3.84. The summed E-state index contributed by atoms with van der Waals surface area (Å²) >= 11 is 5.91. The molecule has 1 heterocycles. The maximum Gasteiger partial charge on any atom is 0.341 e. The molecule has 0 aliphatic carbocycles. The van der Waals surface area contributed by atoms with Crippen LogP contribution in [0.2, 0.25) is 5.02 Å². The Kier molecular flexibility index (Phi) is 6.09. The zero-order chi connectivity index (χ0) is 18.6. The first kappa shape index (κ1) is 18.9. The summed E-state index contributed by atoms with van der Waals surface area (Å²) in [6.07, 6.45) is -0.695. The minimum absolute atomic E-state index is 0.208. The standard InChI is InChI=1S/C18H20ClNO5/c1-11-16(18(22)23-4)9-15(24-11)10-20(3)17(21)12(2)25-14-7-5-6-13(19)8-14/h5-9,12H,10H2,1-4H3. The summed E-state index contributed by atoms with van der Waals surface area (Å²) in [4.78, 5) is 25.5. The van der Waals surface area contributed by atoms with E-state index in [0.717, 1.165) is 0 Å². The van der Waals surface area contributed by atoms with Gasteiger partial charge in [0.2, 0.25) is 0 Å². The van der Waals surface area contributed by atoms with Crippen molar-refractivity contribution in [1.29, 1.82) is 0 Å². The van der Waals surface area contributed by atoms with Crippen molar-refractivity contribution in [2.75, 3.05) is 14.2 Å². The molecule has 6 nitrogen and oxygen atoms in total. The number of benzene rings is 1. The summed E-state index contributed by atoms with van der Waals surface area (Å²) in [5.74, 6) is 0.756. The van der Waals surface area contributed by atoms with Crippen LogP contribution < -0.4 is 4.74 Å². The van der Waals surface area contributed by atoms with Crippen molar-refractivity contribution >= 4 is 23.5 Å². The topological polar surface area (TPSA) is 69.0 Å². The van der Waals surface area contributed by atoms with Gasteiger partial charge in [0.1, 0.15) is 22.8 Å². The van der Waals surface area contributed by atoms with Gasteiger partial charge in [-0.05, 0) is 38.1 Å². The molecule has 7 heteroatoms. The van der Waals surface area contributed by atoms with Crippen LogP contribution in [-0.2, 0) is 16.1 Å². The molecule has 0 aliphatic rings. The van der Waals surface area contributed by atoms with Gasteiger partial charge in [-0.25, -0.2) is 4.79 Å². The summed E-state index contributed by atoms with van der Waals surface area (Å²) in [7, 11) is 2.94. The van der Waals surface area contributed by atoms with Gasteiger partial charge in [-0.3, -0.25) is 4.79 Å². The normalized spacial score (nSPS) is 11.7. The Labute approximate surface area is 151 Å². The Morgan fingerprint density at radius 2 is 2.04 bits per heavy atom. The van der Waals surface area contributed by atoms with Crippen LogP contribution in [0, 0.1) is 6.92 Å². The fourth-order valence-corrected chi connectivity index (χ4v) is 2.53. The molecule has 1 aromatic heterocycles. The average Bonchev–Trinajstić information content (AvgIpc) is 2.93. The number of carbonyl (C=O) groups is 2. The van der Waals surface area contributed by atoms with Gasteiger partial charge in [0.05, 0.1) is 13.7 Å². The Balaban J connectivity index is 2.01. The first-order chi connectivity index (χ1) is 11.8. The van der Waals surface area contributed by atoms with Crippen LogP contribution in [0.4, 0.5) is 0 Å². The second kappa shape index (κ2) is 8.07. The average molecular weight is 366 g/mol. The molecule has 1 amide bonds. The largest absolute Gasteiger partial charge is 0.481 e. The van der Waals surface area contributed by atoms with Gasteiger partial charge < -0.3 is 18.8 Å². The van der Waals surface area contributed by atoms with E-state index in [1.54, 1.807) is 51.2 Å². The zero-order valence-corrected chi connectivity index (χ0v) is 15.3. The molecule has 1 atom stereocenters. The van der Waals surface area contributed by atoms with E-state index in [4.69, 9.17) is 20.8 Å². The van der Waals surface area contributed by atoms with Crippen LogP contribution in [0.15, 0.2) is 34.7 Å². The van der Waals surface area contributed by atoms with Gasteiger partial charge in [-0.1, -0.05) is 17.7 Å². The zero-order valence-electron chi connectivity index (χ0n) is 14.5. The predicted octanol–water partition coefficient (Wildman–Crippen LogP) is 3.45. The minimum Gasteiger partial charge on any atom is -0.481 e. The molecule has 1 aromatic carbocycles. The quantitative estimate of drug-likeness (QED) is 0.733. The van der Waals surface area contributed by atoms with Crippen molar-refractivity contribution in [2.24, 2.45) is 0 Å². The smallest absolute Gasteiger partial charge is 0.341 e. The van der Waals surface area contributed by atoms with E-state index in [2.05, 4.69) is 4.74 Å². The van der Waals surface area contributed by atoms with Crippen molar-refractivity contribution in [3.8, 4) is 5.75 Å². The van der Waals surface area contributed by atoms with E-state index >= 15 is 0 Å². The summed E-state index contributed by atoms with van der Waals surface area (Å²) < 4.78 is 15.8. The van der Waals surface area contributed by atoms with Crippen molar-refractivity contribution in [3.63, 3.8) is 0 Å². The number of aryl methyl sites for hydroxylation is 1. The molecule has 1 unspecified atom stereocenters. The first-order valence-electron chi connectivity index (χ1n) is 7.66. The van der Waals surface area contributed by atoms with Crippen molar-refractivity contribution in [1.82, 2.24) is 4.90 Å². The molecule has 0 spiro atoms. The third kappa shape index (κ3) is 4.76. The highest BCUT2D eigenvalue weighted by Gasteiger charge is 2.22. The lowest BCUT2D eigenvalue weighted by Gasteiger charge is -2.21. The number of halogens is 1. The SMILES string of the molecule is COC(=O)c1cc(CN(C)C(=O)C(C)Oc2cccc(Cl)c2)oc1C. The highest BCUT2D eigenvalue weighted by molar-refractivity contribution is 6.30. The number of likely N-dealkylation sites (N-methyl/N-ethyl adjacent to an activating group) is 1. The molecule has 0 saturated carbocycles. The minimum atomic E-state index is -0.695. The Bertz CT molecular complexity index is 771. The molecular formula is C18H20ClNO5. The van der Waals surface area contributed by atoms with E-state index in [1.807, 2.05) is 0 Å². The molecule has 0 N–H and O–H groups in total. The van der Waals surface area contributed by atoms with Gasteiger partial charge in [0, 0.05) is 12.1 Å². The van der Waals surface area contributed by atoms with Crippen LogP contribution in [-0.4, -0.2) is 37.0 Å². The number of furan rings is 1. The lowest BCUT2D eigenvalue weighted by Crippen LogP contribution is -2.37. The third-order valence-electron chi connectivity index (χ3n) is 3.60. The van der Waals surface area contributed by atoms with Crippen LogP contribution in [0.1, 0.15) is 28.8 Å². The fourth-order valence-electron chi connectivity index (χ4n) is 2.35. The number of ether oxygens (including phenoxy) is 2. The molecule has 0 radical (unpaired) electrons.